The number of fused-ring (bicyclic) bond motifs is 4. The molecule has 0 fully saturated rings. The molecule has 1 spiro atoms. The van der Waals surface area contributed by atoms with Crippen molar-refractivity contribution in [3.05, 3.63) is 106 Å². The third kappa shape index (κ3) is 3.42. The molecule has 0 atom stereocenters. The number of carboxylic acid groups (broad SMARTS) is 2. The second-order valence-corrected chi connectivity index (χ2v) is 7.58. The van der Waals surface area contributed by atoms with Gasteiger partial charge >= 0.3 is 11.9 Å². The smallest absolute Gasteiger partial charge is 0.335 e. The topological polar surface area (TPSA) is 74.6 Å². The normalized spacial score (nSPS) is 15.2. The first-order chi connectivity index (χ1) is 14.0. The predicted octanol–water partition coefficient (Wildman–Crippen LogP) is 4.95. The number of carboxylic acids is 2. The summed E-state index contributed by atoms with van der Waals surface area (Å²) in [5.74, 6) is -2.13. The molecule has 29 heavy (non-hydrogen) atoms. The van der Waals surface area contributed by atoms with Gasteiger partial charge in [-0.05, 0) is 72.2 Å². The molecule has 0 radical (unpaired) electrons. The van der Waals surface area contributed by atoms with Crippen LogP contribution in [0.4, 0.5) is 0 Å². The monoisotopic (exact) mass is 386 g/mol. The first kappa shape index (κ1) is 18.9. The predicted molar refractivity (Wildman–Crippen MR) is 111 cm³/mol. The minimum Gasteiger partial charge on any atom is -0.478 e. The van der Waals surface area contributed by atoms with E-state index in [2.05, 4.69) is 48.5 Å². The third-order valence-electron chi connectivity index (χ3n) is 6.09. The van der Waals surface area contributed by atoms with Gasteiger partial charge < -0.3 is 10.2 Å². The van der Waals surface area contributed by atoms with Crippen LogP contribution in [-0.2, 0) is 18.3 Å². The molecule has 5 rings (SSSR count). The van der Waals surface area contributed by atoms with Gasteiger partial charge in [-0.25, -0.2) is 9.59 Å². The minimum atomic E-state index is -1.06. The van der Waals surface area contributed by atoms with Crippen molar-refractivity contribution in [1.29, 1.82) is 0 Å². The summed E-state index contributed by atoms with van der Waals surface area (Å²) in [5.41, 5.74) is 6.87. The van der Waals surface area contributed by atoms with Crippen LogP contribution >= 0.6 is 0 Å². The summed E-state index contributed by atoms with van der Waals surface area (Å²) in [5, 5.41) is 16.9. The van der Waals surface area contributed by atoms with Gasteiger partial charge in [0.05, 0.1) is 11.1 Å². The summed E-state index contributed by atoms with van der Waals surface area (Å²) >= 11 is 0. The fourth-order valence-electron chi connectivity index (χ4n) is 4.67. The molecule has 3 aromatic carbocycles. The van der Waals surface area contributed by atoms with Crippen molar-refractivity contribution in [3.8, 4) is 0 Å². The van der Waals surface area contributed by atoms with Gasteiger partial charge in [0.1, 0.15) is 0 Å². The lowest BCUT2D eigenvalue weighted by Gasteiger charge is -2.26. The highest BCUT2D eigenvalue weighted by atomic mass is 16.4. The summed E-state index contributed by atoms with van der Waals surface area (Å²) < 4.78 is 0. The van der Waals surface area contributed by atoms with Crippen LogP contribution in [0.5, 0.6) is 0 Å². The molecule has 0 aliphatic heterocycles. The maximum absolute atomic E-state index is 10.3. The molecule has 4 heteroatoms. The highest BCUT2D eigenvalue weighted by Crippen LogP contribution is 2.51. The van der Waals surface area contributed by atoms with Gasteiger partial charge in [-0.2, -0.15) is 0 Å². The van der Waals surface area contributed by atoms with Crippen LogP contribution in [-0.4, -0.2) is 22.2 Å². The number of benzene rings is 3. The minimum absolute atomic E-state index is 0.0833. The molecule has 2 N–H and O–H groups in total. The van der Waals surface area contributed by atoms with Crippen LogP contribution in [0.15, 0.2) is 72.8 Å². The standard InChI is InChI=1S/C17H16.C8H6O4/c1-3-7-15-13(5-1)9-11-17(15)12-10-14-6-2-4-8-16(14)17;9-7(10)5-1-2-6(4-3-5)8(11)12/h1-8H,9-12H2;1-4H,(H,9,10)(H,11,12). The maximum atomic E-state index is 10.3. The number of hydrogen-bond donors (Lipinski definition) is 2. The van der Waals surface area contributed by atoms with Gasteiger partial charge in [-0.15, -0.1) is 0 Å². The lowest BCUT2D eigenvalue weighted by molar-refractivity contribution is 0.0681. The molecular formula is C25H22O4. The van der Waals surface area contributed by atoms with E-state index in [1.807, 2.05) is 0 Å². The Kier molecular flexibility index (Phi) is 4.93. The number of carbonyl (C=O) groups is 2. The van der Waals surface area contributed by atoms with Gasteiger partial charge in [-0.1, -0.05) is 48.5 Å². The molecule has 146 valence electrons. The van der Waals surface area contributed by atoms with Crippen molar-refractivity contribution in [1.82, 2.24) is 0 Å². The van der Waals surface area contributed by atoms with Gasteiger partial charge in [0.25, 0.3) is 0 Å². The van der Waals surface area contributed by atoms with E-state index < -0.39 is 11.9 Å². The molecule has 2 aliphatic carbocycles. The first-order valence-corrected chi connectivity index (χ1v) is 9.75. The molecule has 0 aromatic heterocycles. The van der Waals surface area contributed by atoms with E-state index in [1.54, 1.807) is 22.3 Å². The summed E-state index contributed by atoms with van der Waals surface area (Å²) in [7, 11) is 0. The Hall–Kier alpha value is -3.40. The second-order valence-electron chi connectivity index (χ2n) is 7.58. The first-order valence-electron chi connectivity index (χ1n) is 9.75. The van der Waals surface area contributed by atoms with Crippen molar-refractivity contribution in [3.63, 3.8) is 0 Å². The summed E-state index contributed by atoms with van der Waals surface area (Å²) in [4.78, 5) is 20.7. The van der Waals surface area contributed by atoms with Crippen molar-refractivity contribution < 1.29 is 19.8 Å². The Morgan fingerprint density at radius 2 is 1.00 bits per heavy atom. The fourth-order valence-corrected chi connectivity index (χ4v) is 4.67. The number of hydrogen-bond acceptors (Lipinski definition) is 2. The van der Waals surface area contributed by atoms with Crippen molar-refractivity contribution in [2.45, 2.75) is 31.1 Å². The largest absolute Gasteiger partial charge is 0.478 e. The Morgan fingerprint density at radius 3 is 1.38 bits per heavy atom. The Labute approximate surface area is 169 Å². The van der Waals surface area contributed by atoms with Crippen LogP contribution in [0.25, 0.3) is 0 Å². The SMILES string of the molecule is O=C(O)c1ccc(C(=O)O)cc1.c1ccc2c(c1)CCC21CCc2ccccc21. The van der Waals surface area contributed by atoms with Crippen LogP contribution in [0.3, 0.4) is 0 Å². The fraction of sp³-hybridized carbons (Fsp3) is 0.200. The van der Waals surface area contributed by atoms with Crippen molar-refractivity contribution in [2.24, 2.45) is 0 Å². The van der Waals surface area contributed by atoms with Crippen LogP contribution in [0, 0.1) is 0 Å². The molecular weight excluding hydrogens is 364 g/mol. The molecule has 0 unspecified atom stereocenters. The Balaban J connectivity index is 0.000000152. The average Bonchev–Trinajstić information content (AvgIpc) is 3.31. The molecule has 2 aliphatic rings. The molecule has 4 nitrogen and oxygen atoms in total. The zero-order valence-electron chi connectivity index (χ0n) is 16.0. The zero-order valence-corrected chi connectivity index (χ0v) is 16.0. The molecule has 0 amide bonds. The molecule has 3 aromatic rings. The van der Waals surface area contributed by atoms with E-state index in [0.29, 0.717) is 5.41 Å². The van der Waals surface area contributed by atoms with Crippen LogP contribution in [0.2, 0.25) is 0 Å². The van der Waals surface area contributed by atoms with Gasteiger partial charge in [0.2, 0.25) is 0 Å². The van der Waals surface area contributed by atoms with E-state index in [1.165, 1.54) is 49.9 Å². The molecule has 0 saturated heterocycles. The number of aryl methyl sites for hydroxylation is 2. The molecule has 0 saturated carbocycles. The number of aromatic carboxylic acids is 2. The van der Waals surface area contributed by atoms with E-state index in [4.69, 9.17) is 10.2 Å². The van der Waals surface area contributed by atoms with E-state index >= 15 is 0 Å². The maximum Gasteiger partial charge on any atom is 0.335 e. The molecule has 0 heterocycles. The van der Waals surface area contributed by atoms with Gasteiger partial charge in [0, 0.05) is 5.41 Å². The highest BCUT2D eigenvalue weighted by Gasteiger charge is 2.43. The van der Waals surface area contributed by atoms with Gasteiger partial charge in [0.15, 0.2) is 0 Å². The zero-order chi connectivity index (χ0) is 20.4. The summed E-state index contributed by atoms with van der Waals surface area (Å²) in [6, 6.07) is 23.1. The molecule has 0 bridgehead atoms. The van der Waals surface area contributed by atoms with Gasteiger partial charge in [-0.3, -0.25) is 0 Å². The Bertz CT molecular complexity index is 980. The van der Waals surface area contributed by atoms with E-state index in [0.717, 1.165) is 0 Å². The van der Waals surface area contributed by atoms with E-state index in [9.17, 15) is 9.59 Å². The van der Waals surface area contributed by atoms with Crippen molar-refractivity contribution >= 4 is 11.9 Å². The average molecular weight is 386 g/mol. The third-order valence-corrected chi connectivity index (χ3v) is 6.09. The Morgan fingerprint density at radius 1 is 0.621 bits per heavy atom. The highest BCUT2D eigenvalue weighted by molar-refractivity contribution is 5.91. The summed E-state index contributed by atoms with van der Waals surface area (Å²) in [6.07, 6.45) is 5.13. The van der Waals surface area contributed by atoms with Crippen LogP contribution < -0.4 is 0 Å². The quantitative estimate of drug-likeness (QED) is 0.654. The van der Waals surface area contributed by atoms with E-state index in [-0.39, 0.29) is 11.1 Å². The lowest BCUT2D eigenvalue weighted by atomic mass is 9.77. The second kappa shape index (κ2) is 7.55. The van der Waals surface area contributed by atoms with Crippen LogP contribution in [0.1, 0.15) is 55.8 Å². The lowest BCUT2D eigenvalue weighted by Crippen LogP contribution is -2.20. The van der Waals surface area contributed by atoms with Crippen molar-refractivity contribution in [2.75, 3.05) is 0 Å². The number of rotatable bonds is 2. The summed E-state index contributed by atoms with van der Waals surface area (Å²) in [6.45, 7) is 0.